The van der Waals surface area contributed by atoms with Crippen molar-refractivity contribution in [3.05, 3.63) is 56.1 Å². The molecule has 0 aliphatic carbocycles. The number of carbonyl (C=O) groups excluding carboxylic acids is 1. The minimum absolute atomic E-state index is 0.0909. The van der Waals surface area contributed by atoms with Crippen LogP contribution in [0.5, 0.6) is 23.0 Å². The molecular weight excluding hydrogens is 507 g/mol. The highest BCUT2D eigenvalue weighted by atomic mass is 127. The van der Waals surface area contributed by atoms with Gasteiger partial charge in [-0.15, -0.1) is 0 Å². The zero-order valence-electron chi connectivity index (χ0n) is 16.2. The molecule has 0 bridgehead atoms. The van der Waals surface area contributed by atoms with Crippen molar-refractivity contribution in [1.82, 2.24) is 0 Å². The summed E-state index contributed by atoms with van der Waals surface area (Å²) in [5.74, 6) is -0.180. The second kappa shape index (κ2) is 9.09. The molecule has 5 nitrogen and oxygen atoms in total. The average molecular weight is 527 g/mol. The number of methoxy groups -OCH3 is 2. The monoisotopic (exact) mass is 526 g/mol. The number of rotatable bonds is 6. The van der Waals surface area contributed by atoms with Crippen molar-refractivity contribution in [3.8, 4) is 23.0 Å². The Kier molecular flexibility index (Phi) is 6.74. The van der Waals surface area contributed by atoms with Gasteiger partial charge in [-0.1, -0.05) is 42.8 Å². The summed E-state index contributed by atoms with van der Waals surface area (Å²) in [6.07, 6.45) is 1.02. The van der Waals surface area contributed by atoms with Crippen molar-refractivity contribution in [2.75, 3.05) is 14.2 Å². The standard InChI is InChI=1S/C22H20ClIO5/c1-4-12-5-7-13(8-6-12)11-16(25)29-20-17-14(9-10-15(23)18(17)24)19(26)21(27-2)22(20)28-3/h5-10,26H,4,11H2,1-3H3. The van der Waals surface area contributed by atoms with E-state index in [9.17, 15) is 9.90 Å². The van der Waals surface area contributed by atoms with Crippen molar-refractivity contribution in [3.63, 3.8) is 0 Å². The summed E-state index contributed by atoms with van der Waals surface area (Å²) in [7, 11) is 2.83. The summed E-state index contributed by atoms with van der Waals surface area (Å²) >= 11 is 8.32. The summed E-state index contributed by atoms with van der Waals surface area (Å²) < 4.78 is 17.1. The lowest BCUT2D eigenvalue weighted by Crippen LogP contribution is -2.13. The molecule has 7 heteroatoms. The molecule has 3 aromatic rings. The van der Waals surface area contributed by atoms with E-state index in [-0.39, 0.29) is 29.4 Å². The second-order valence-corrected chi connectivity index (χ2v) is 7.84. The number of ether oxygens (including phenoxy) is 3. The average Bonchev–Trinajstić information content (AvgIpc) is 2.72. The number of fused-ring (bicyclic) bond motifs is 1. The van der Waals surface area contributed by atoms with E-state index in [1.54, 1.807) is 12.1 Å². The molecule has 0 unspecified atom stereocenters. The number of aromatic hydroxyl groups is 1. The van der Waals surface area contributed by atoms with Gasteiger partial charge in [-0.05, 0) is 52.3 Å². The Bertz CT molecular complexity index is 1060. The molecule has 0 saturated carbocycles. The van der Waals surface area contributed by atoms with Crippen LogP contribution in [-0.4, -0.2) is 25.3 Å². The van der Waals surface area contributed by atoms with Gasteiger partial charge < -0.3 is 19.3 Å². The lowest BCUT2D eigenvalue weighted by molar-refractivity contribution is -0.133. The first-order chi connectivity index (χ1) is 13.9. The maximum absolute atomic E-state index is 12.7. The fraction of sp³-hybridized carbons (Fsp3) is 0.227. The first kappa shape index (κ1) is 21.5. The number of esters is 1. The third-order valence-electron chi connectivity index (χ3n) is 4.61. The van der Waals surface area contributed by atoms with E-state index in [0.717, 1.165) is 12.0 Å². The number of hydrogen-bond donors (Lipinski definition) is 1. The molecule has 0 spiro atoms. The van der Waals surface area contributed by atoms with Gasteiger partial charge in [-0.3, -0.25) is 4.79 Å². The first-order valence-electron chi connectivity index (χ1n) is 8.94. The lowest BCUT2D eigenvalue weighted by atomic mass is 10.1. The Morgan fingerprint density at radius 1 is 1.00 bits per heavy atom. The van der Waals surface area contributed by atoms with Crippen LogP contribution < -0.4 is 14.2 Å². The normalized spacial score (nSPS) is 10.8. The predicted molar refractivity (Wildman–Crippen MR) is 122 cm³/mol. The summed E-state index contributed by atoms with van der Waals surface area (Å²) in [5, 5.41) is 12.0. The maximum atomic E-state index is 12.7. The minimum atomic E-state index is -0.461. The van der Waals surface area contributed by atoms with E-state index >= 15 is 0 Å². The van der Waals surface area contributed by atoms with Crippen LogP contribution in [0.15, 0.2) is 36.4 Å². The number of halogens is 2. The molecule has 0 aromatic heterocycles. The molecule has 29 heavy (non-hydrogen) atoms. The smallest absolute Gasteiger partial charge is 0.315 e. The molecule has 0 atom stereocenters. The van der Waals surface area contributed by atoms with Crippen LogP contribution in [0.3, 0.4) is 0 Å². The Hall–Kier alpha value is -2.19. The molecule has 0 saturated heterocycles. The molecule has 0 fully saturated rings. The van der Waals surface area contributed by atoms with Gasteiger partial charge in [0.1, 0.15) is 0 Å². The van der Waals surface area contributed by atoms with E-state index < -0.39 is 5.97 Å². The van der Waals surface area contributed by atoms with Crippen molar-refractivity contribution < 1.29 is 24.1 Å². The van der Waals surface area contributed by atoms with Gasteiger partial charge in [-0.25, -0.2) is 0 Å². The summed E-state index contributed by atoms with van der Waals surface area (Å²) in [6, 6.07) is 11.1. The molecule has 1 N–H and O–H groups in total. The minimum Gasteiger partial charge on any atom is -0.504 e. The van der Waals surface area contributed by atoms with E-state index in [4.69, 9.17) is 25.8 Å². The van der Waals surface area contributed by atoms with Crippen LogP contribution in [0.2, 0.25) is 5.02 Å². The van der Waals surface area contributed by atoms with Crippen LogP contribution >= 0.6 is 34.2 Å². The van der Waals surface area contributed by atoms with Crippen LogP contribution in [0, 0.1) is 3.57 Å². The number of phenols is 1. The molecule has 0 aliphatic heterocycles. The Labute approximate surface area is 187 Å². The van der Waals surface area contributed by atoms with Crippen LogP contribution in [-0.2, 0) is 17.6 Å². The Balaban J connectivity index is 2.07. The molecule has 3 rings (SSSR count). The Morgan fingerprint density at radius 2 is 1.62 bits per heavy atom. The molecule has 0 radical (unpaired) electrons. The fourth-order valence-corrected chi connectivity index (χ4v) is 3.97. The quantitative estimate of drug-likeness (QED) is 0.260. The topological polar surface area (TPSA) is 65.0 Å². The highest BCUT2D eigenvalue weighted by molar-refractivity contribution is 14.1. The van der Waals surface area contributed by atoms with Gasteiger partial charge in [0.25, 0.3) is 0 Å². The summed E-state index contributed by atoms with van der Waals surface area (Å²) in [6.45, 7) is 2.08. The molecular formula is C22H20ClIO5. The third-order valence-corrected chi connectivity index (χ3v) is 6.36. The van der Waals surface area contributed by atoms with Crippen molar-refractivity contribution >= 4 is 50.9 Å². The van der Waals surface area contributed by atoms with Gasteiger partial charge in [0.05, 0.1) is 25.7 Å². The zero-order valence-corrected chi connectivity index (χ0v) is 19.1. The van der Waals surface area contributed by atoms with Crippen LogP contribution in [0.25, 0.3) is 10.8 Å². The predicted octanol–water partition coefficient (Wildman–Crippen LogP) is 5.53. The second-order valence-electron chi connectivity index (χ2n) is 6.35. The Morgan fingerprint density at radius 3 is 2.21 bits per heavy atom. The van der Waals surface area contributed by atoms with Gasteiger partial charge in [0, 0.05) is 14.3 Å². The van der Waals surface area contributed by atoms with Crippen LogP contribution in [0.1, 0.15) is 18.1 Å². The van der Waals surface area contributed by atoms with E-state index in [0.29, 0.717) is 19.4 Å². The number of hydrogen-bond acceptors (Lipinski definition) is 5. The van der Waals surface area contributed by atoms with Crippen molar-refractivity contribution in [1.29, 1.82) is 0 Å². The van der Waals surface area contributed by atoms with Crippen molar-refractivity contribution in [2.24, 2.45) is 0 Å². The molecule has 3 aromatic carbocycles. The highest BCUT2D eigenvalue weighted by Gasteiger charge is 2.26. The van der Waals surface area contributed by atoms with Crippen molar-refractivity contribution in [2.45, 2.75) is 19.8 Å². The summed E-state index contributed by atoms with van der Waals surface area (Å²) in [5.41, 5.74) is 2.04. The lowest BCUT2D eigenvalue weighted by Gasteiger charge is -2.18. The van der Waals surface area contributed by atoms with E-state index in [1.165, 1.54) is 19.8 Å². The van der Waals surface area contributed by atoms with Gasteiger partial charge in [0.2, 0.25) is 11.5 Å². The molecule has 0 amide bonds. The SMILES string of the molecule is CCc1ccc(CC(=O)Oc2c(OC)c(OC)c(O)c3ccc(Cl)c(I)c23)cc1. The molecule has 152 valence electrons. The van der Waals surface area contributed by atoms with Gasteiger partial charge in [-0.2, -0.15) is 0 Å². The zero-order chi connectivity index (χ0) is 21.1. The number of phenolic OH excluding ortho intramolecular Hbond substituents is 1. The highest BCUT2D eigenvalue weighted by Crippen LogP contribution is 2.52. The van der Waals surface area contributed by atoms with Gasteiger partial charge >= 0.3 is 5.97 Å². The van der Waals surface area contributed by atoms with E-state index in [2.05, 4.69) is 6.92 Å². The third kappa shape index (κ3) is 4.23. The summed E-state index contributed by atoms with van der Waals surface area (Å²) in [4.78, 5) is 12.7. The maximum Gasteiger partial charge on any atom is 0.315 e. The molecule has 0 heterocycles. The van der Waals surface area contributed by atoms with E-state index in [1.807, 2.05) is 46.9 Å². The number of carbonyl (C=O) groups is 1. The van der Waals surface area contributed by atoms with Gasteiger partial charge in [0.15, 0.2) is 11.5 Å². The van der Waals surface area contributed by atoms with Crippen LogP contribution in [0.4, 0.5) is 0 Å². The fourth-order valence-electron chi connectivity index (χ4n) is 3.10. The number of aryl methyl sites for hydroxylation is 1. The molecule has 0 aliphatic rings. The first-order valence-corrected chi connectivity index (χ1v) is 10.4. The number of benzene rings is 3. The largest absolute Gasteiger partial charge is 0.504 e.